The summed E-state index contributed by atoms with van der Waals surface area (Å²) in [6, 6.07) is 0.787. The van der Waals surface area contributed by atoms with Gasteiger partial charge in [-0.05, 0) is 19.9 Å². The lowest BCUT2D eigenvalue weighted by Crippen LogP contribution is -2.15. The van der Waals surface area contributed by atoms with Gasteiger partial charge >= 0.3 is 5.97 Å². The highest BCUT2D eigenvalue weighted by molar-refractivity contribution is 5.93. The lowest BCUT2D eigenvalue weighted by molar-refractivity contribution is -0.385. The molecule has 0 aliphatic carbocycles. The largest absolute Gasteiger partial charge is 0.459 e. The number of hydrogen-bond acceptors (Lipinski definition) is 5. The molecule has 0 aliphatic heterocycles. The van der Waals surface area contributed by atoms with Crippen molar-refractivity contribution in [2.24, 2.45) is 0 Å². The minimum Gasteiger partial charge on any atom is -0.459 e. The molecule has 0 radical (unpaired) electrons. The zero-order valence-electron chi connectivity index (χ0n) is 10.9. The fraction of sp³-hybridized carbons (Fsp3) is 0.417. The summed E-state index contributed by atoms with van der Waals surface area (Å²) in [4.78, 5) is 21.3. The molecule has 0 unspecified atom stereocenters. The molecule has 110 valence electrons. The number of nitrogens with zero attached hydrogens (tertiary/aromatic N) is 1. The van der Waals surface area contributed by atoms with Crippen LogP contribution in [0.15, 0.2) is 12.1 Å². The Hall–Kier alpha value is -2.09. The van der Waals surface area contributed by atoms with Gasteiger partial charge in [-0.1, -0.05) is 0 Å². The van der Waals surface area contributed by atoms with Crippen LogP contribution in [-0.2, 0) is 9.47 Å². The van der Waals surface area contributed by atoms with Crippen LogP contribution >= 0.6 is 0 Å². The Morgan fingerprint density at radius 1 is 1.30 bits per heavy atom. The van der Waals surface area contributed by atoms with E-state index in [9.17, 15) is 23.7 Å². The Kier molecular flexibility index (Phi) is 5.51. The van der Waals surface area contributed by atoms with Crippen molar-refractivity contribution in [3.63, 3.8) is 0 Å². The Bertz CT molecular complexity index is 519. The molecule has 6 nitrogen and oxygen atoms in total. The van der Waals surface area contributed by atoms with Gasteiger partial charge in [-0.3, -0.25) is 10.1 Å². The van der Waals surface area contributed by atoms with E-state index in [-0.39, 0.29) is 19.3 Å². The van der Waals surface area contributed by atoms with E-state index < -0.39 is 33.8 Å². The fourth-order valence-corrected chi connectivity index (χ4v) is 1.35. The second kappa shape index (κ2) is 6.90. The molecular formula is C12H13F2NO5. The number of nitro benzene ring substituents is 1. The molecule has 1 aromatic rings. The molecular weight excluding hydrogens is 276 g/mol. The van der Waals surface area contributed by atoms with Gasteiger partial charge in [0, 0.05) is 0 Å². The number of esters is 1. The first kappa shape index (κ1) is 16.0. The van der Waals surface area contributed by atoms with E-state index in [1.165, 1.54) is 0 Å². The number of hydrogen-bond donors (Lipinski definition) is 0. The first-order valence-corrected chi connectivity index (χ1v) is 5.75. The van der Waals surface area contributed by atoms with Gasteiger partial charge in [-0.2, -0.15) is 0 Å². The lowest BCUT2D eigenvalue weighted by atomic mass is 10.1. The molecule has 0 N–H and O–H groups in total. The van der Waals surface area contributed by atoms with Crippen molar-refractivity contribution >= 4 is 11.7 Å². The average Bonchev–Trinajstić information content (AvgIpc) is 2.36. The fourth-order valence-electron chi connectivity index (χ4n) is 1.35. The van der Waals surface area contributed by atoms with Crippen LogP contribution < -0.4 is 0 Å². The molecule has 0 saturated carbocycles. The maximum absolute atomic E-state index is 13.0. The quantitative estimate of drug-likeness (QED) is 0.348. The smallest absolute Gasteiger partial charge is 0.345 e. The van der Waals surface area contributed by atoms with Crippen LogP contribution in [0.1, 0.15) is 24.2 Å². The Morgan fingerprint density at radius 3 is 2.45 bits per heavy atom. The number of carbonyl (C=O) groups excluding carboxylic acids is 1. The molecule has 20 heavy (non-hydrogen) atoms. The predicted octanol–water partition coefficient (Wildman–Crippen LogP) is 2.45. The number of nitro groups is 1. The zero-order chi connectivity index (χ0) is 15.3. The van der Waals surface area contributed by atoms with Crippen LogP contribution in [0.5, 0.6) is 0 Å². The second-order valence-electron chi connectivity index (χ2n) is 4.10. The molecule has 0 atom stereocenters. The molecule has 0 heterocycles. The first-order chi connectivity index (χ1) is 9.32. The highest BCUT2D eigenvalue weighted by atomic mass is 19.2. The summed E-state index contributed by atoms with van der Waals surface area (Å²) in [5, 5.41) is 10.7. The van der Waals surface area contributed by atoms with Gasteiger partial charge < -0.3 is 9.47 Å². The summed E-state index contributed by atoms with van der Waals surface area (Å²) in [5.41, 5.74) is -1.49. The van der Waals surface area contributed by atoms with Crippen LogP contribution in [0.4, 0.5) is 14.5 Å². The maximum Gasteiger partial charge on any atom is 0.345 e. The Morgan fingerprint density at radius 2 is 1.90 bits per heavy atom. The molecule has 1 rings (SSSR count). The van der Waals surface area contributed by atoms with E-state index in [0.29, 0.717) is 12.1 Å². The van der Waals surface area contributed by atoms with Gasteiger partial charge in [0.1, 0.15) is 12.2 Å². The molecule has 0 aromatic heterocycles. The van der Waals surface area contributed by atoms with Crippen molar-refractivity contribution in [1.29, 1.82) is 0 Å². The molecule has 0 fully saturated rings. The van der Waals surface area contributed by atoms with Gasteiger partial charge in [0.15, 0.2) is 11.6 Å². The second-order valence-corrected chi connectivity index (χ2v) is 4.10. The predicted molar refractivity (Wildman–Crippen MR) is 64.4 cm³/mol. The van der Waals surface area contributed by atoms with E-state index in [1.54, 1.807) is 13.8 Å². The average molecular weight is 289 g/mol. The SMILES string of the molecule is CC(C)OCCOC(=O)c1cc(F)c(F)cc1[N+](=O)[O-]. The molecule has 0 saturated heterocycles. The minimum atomic E-state index is -1.41. The summed E-state index contributed by atoms with van der Waals surface area (Å²) in [6.07, 6.45) is -0.0636. The number of benzene rings is 1. The van der Waals surface area contributed by atoms with Gasteiger partial charge in [0.2, 0.25) is 0 Å². The summed E-state index contributed by atoms with van der Waals surface area (Å²) < 4.78 is 35.8. The molecule has 1 aromatic carbocycles. The highest BCUT2D eigenvalue weighted by Crippen LogP contribution is 2.23. The molecule has 0 bridgehead atoms. The summed E-state index contributed by atoms with van der Waals surface area (Å²) in [7, 11) is 0. The van der Waals surface area contributed by atoms with Crippen molar-refractivity contribution in [2.45, 2.75) is 20.0 Å². The number of rotatable bonds is 6. The van der Waals surface area contributed by atoms with Crippen molar-refractivity contribution in [2.75, 3.05) is 13.2 Å². The van der Waals surface area contributed by atoms with Gasteiger partial charge in [0.25, 0.3) is 5.69 Å². The van der Waals surface area contributed by atoms with E-state index in [2.05, 4.69) is 0 Å². The van der Waals surface area contributed by atoms with Crippen LogP contribution in [-0.4, -0.2) is 30.2 Å². The zero-order valence-corrected chi connectivity index (χ0v) is 10.9. The normalized spacial score (nSPS) is 10.7. The van der Waals surface area contributed by atoms with Crippen LogP contribution in [0.25, 0.3) is 0 Å². The highest BCUT2D eigenvalue weighted by Gasteiger charge is 2.25. The summed E-state index contributed by atoms with van der Waals surface area (Å²) in [5.74, 6) is -3.87. The molecule has 0 spiro atoms. The van der Waals surface area contributed by atoms with Gasteiger partial charge in [-0.25, -0.2) is 13.6 Å². The van der Waals surface area contributed by atoms with Crippen molar-refractivity contribution < 1.29 is 28.0 Å². The van der Waals surface area contributed by atoms with E-state index >= 15 is 0 Å². The standard InChI is InChI=1S/C12H13F2NO5/c1-7(2)19-3-4-20-12(16)8-5-9(13)10(14)6-11(8)15(17)18/h5-7H,3-4H2,1-2H3. The number of ether oxygens (including phenoxy) is 2. The summed E-state index contributed by atoms with van der Waals surface area (Å²) in [6.45, 7) is 3.51. The topological polar surface area (TPSA) is 78.7 Å². The van der Waals surface area contributed by atoms with E-state index in [1.807, 2.05) is 0 Å². The number of halogens is 2. The monoisotopic (exact) mass is 289 g/mol. The van der Waals surface area contributed by atoms with Gasteiger partial charge in [-0.15, -0.1) is 0 Å². The molecule has 0 amide bonds. The van der Waals surface area contributed by atoms with Crippen molar-refractivity contribution in [1.82, 2.24) is 0 Å². The molecule has 8 heteroatoms. The van der Waals surface area contributed by atoms with Crippen LogP contribution in [0.2, 0.25) is 0 Å². The van der Waals surface area contributed by atoms with E-state index in [4.69, 9.17) is 9.47 Å². The third kappa shape index (κ3) is 4.23. The third-order valence-corrected chi connectivity index (χ3v) is 2.22. The van der Waals surface area contributed by atoms with Crippen molar-refractivity contribution in [3.8, 4) is 0 Å². The van der Waals surface area contributed by atoms with Crippen LogP contribution in [0, 0.1) is 21.7 Å². The lowest BCUT2D eigenvalue weighted by Gasteiger charge is -2.08. The van der Waals surface area contributed by atoms with E-state index in [0.717, 1.165) is 0 Å². The summed E-state index contributed by atoms with van der Waals surface area (Å²) >= 11 is 0. The maximum atomic E-state index is 13.0. The minimum absolute atomic E-state index is 0.0636. The Labute approximate surface area is 113 Å². The first-order valence-electron chi connectivity index (χ1n) is 5.75. The third-order valence-electron chi connectivity index (χ3n) is 2.22. The number of carbonyl (C=O) groups is 1. The molecule has 0 aliphatic rings. The Balaban J connectivity index is 2.81. The van der Waals surface area contributed by atoms with Crippen molar-refractivity contribution in [3.05, 3.63) is 39.4 Å². The van der Waals surface area contributed by atoms with Crippen LogP contribution in [0.3, 0.4) is 0 Å². The van der Waals surface area contributed by atoms with Gasteiger partial charge in [0.05, 0.1) is 23.7 Å².